The SMILES string of the molecule is Cc1c(C(=O)Nc2ccccc2C(F)(F)F)oc2c1/C(=N/NC(=O)Cc1ccccc1)CCC2. The summed E-state index contributed by atoms with van der Waals surface area (Å²) in [6, 6.07) is 14.0. The minimum Gasteiger partial charge on any atom is -0.455 e. The first-order valence-electron chi connectivity index (χ1n) is 10.7. The third-order valence-electron chi connectivity index (χ3n) is 5.54. The van der Waals surface area contributed by atoms with Gasteiger partial charge in [-0.25, -0.2) is 5.43 Å². The molecule has 0 unspecified atom stereocenters. The van der Waals surface area contributed by atoms with Crippen LogP contribution in [0.15, 0.2) is 64.1 Å². The minimum absolute atomic E-state index is 0.0767. The highest BCUT2D eigenvalue weighted by Crippen LogP contribution is 2.35. The monoisotopic (exact) mass is 469 g/mol. The smallest absolute Gasteiger partial charge is 0.418 e. The lowest BCUT2D eigenvalue weighted by molar-refractivity contribution is -0.137. The molecule has 2 amide bonds. The van der Waals surface area contributed by atoms with Crippen LogP contribution >= 0.6 is 0 Å². The summed E-state index contributed by atoms with van der Waals surface area (Å²) in [4.78, 5) is 25.1. The molecule has 3 aromatic rings. The van der Waals surface area contributed by atoms with Crippen LogP contribution in [-0.4, -0.2) is 17.5 Å². The Morgan fingerprint density at radius 2 is 1.74 bits per heavy atom. The lowest BCUT2D eigenvalue weighted by atomic mass is 9.93. The van der Waals surface area contributed by atoms with Crippen LogP contribution in [0.25, 0.3) is 0 Å². The van der Waals surface area contributed by atoms with E-state index in [1.165, 1.54) is 18.2 Å². The van der Waals surface area contributed by atoms with Crippen molar-refractivity contribution in [1.82, 2.24) is 5.43 Å². The molecule has 0 atom stereocenters. The topological polar surface area (TPSA) is 83.7 Å². The molecule has 176 valence electrons. The molecule has 1 aliphatic carbocycles. The van der Waals surface area contributed by atoms with E-state index in [1.54, 1.807) is 6.92 Å². The lowest BCUT2D eigenvalue weighted by Gasteiger charge is -2.13. The molecule has 6 nitrogen and oxygen atoms in total. The number of nitrogens with zero attached hydrogens (tertiary/aromatic N) is 1. The molecule has 1 aromatic heterocycles. The van der Waals surface area contributed by atoms with Gasteiger partial charge in [0.25, 0.3) is 5.91 Å². The first-order valence-corrected chi connectivity index (χ1v) is 10.7. The van der Waals surface area contributed by atoms with E-state index in [0.717, 1.165) is 11.6 Å². The molecule has 0 bridgehead atoms. The molecule has 1 aliphatic rings. The van der Waals surface area contributed by atoms with E-state index in [9.17, 15) is 22.8 Å². The number of benzene rings is 2. The van der Waals surface area contributed by atoms with E-state index < -0.39 is 17.6 Å². The van der Waals surface area contributed by atoms with Crippen molar-refractivity contribution in [3.63, 3.8) is 0 Å². The minimum atomic E-state index is -4.61. The number of rotatable bonds is 5. The number of fused-ring (bicyclic) bond motifs is 1. The normalized spacial score (nSPS) is 14.5. The first kappa shape index (κ1) is 23.3. The van der Waals surface area contributed by atoms with Crippen molar-refractivity contribution in [3.8, 4) is 0 Å². The van der Waals surface area contributed by atoms with E-state index in [1.807, 2.05) is 30.3 Å². The number of anilines is 1. The predicted octanol–water partition coefficient (Wildman–Crippen LogP) is 5.26. The molecule has 2 N–H and O–H groups in total. The van der Waals surface area contributed by atoms with Gasteiger partial charge in [0.15, 0.2) is 5.76 Å². The van der Waals surface area contributed by atoms with Crippen LogP contribution in [0.4, 0.5) is 18.9 Å². The zero-order chi connectivity index (χ0) is 24.3. The predicted molar refractivity (Wildman–Crippen MR) is 121 cm³/mol. The van der Waals surface area contributed by atoms with Crippen LogP contribution in [0.3, 0.4) is 0 Å². The largest absolute Gasteiger partial charge is 0.455 e. The van der Waals surface area contributed by atoms with Crippen molar-refractivity contribution in [2.75, 3.05) is 5.32 Å². The lowest BCUT2D eigenvalue weighted by Crippen LogP contribution is -2.23. The van der Waals surface area contributed by atoms with Crippen molar-refractivity contribution in [1.29, 1.82) is 0 Å². The summed E-state index contributed by atoms with van der Waals surface area (Å²) >= 11 is 0. The van der Waals surface area contributed by atoms with E-state index in [0.29, 0.717) is 41.9 Å². The van der Waals surface area contributed by atoms with Crippen molar-refractivity contribution < 1.29 is 27.2 Å². The number of halogens is 3. The highest BCUT2D eigenvalue weighted by atomic mass is 19.4. The van der Waals surface area contributed by atoms with Crippen LogP contribution in [0.2, 0.25) is 0 Å². The summed E-state index contributed by atoms with van der Waals surface area (Å²) in [5.74, 6) is -0.619. The Balaban J connectivity index is 1.54. The number of hydrogen-bond acceptors (Lipinski definition) is 4. The number of nitrogens with one attached hydrogen (secondary N) is 2. The molecule has 0 spiro atoms. The van der Waals surface area contributed by atoms with Gasteiger partial charge in [0.05, 0.1) is 23.4 Å². The molecular formula is C25H22F3N3O3. The quantitative estimate of drug-likeness (QED) is 0.500. The average Bonchev–Trinajstić information content (AvgIpc) is 3.15. The van der Waals surface area contributed by atoms with Crippen LogP contribution in [0.5, 0.6) is 0 Å². The molecule has 0 fully saturated rings. The molecule has 0 saturated carbocycles. The Morgan fingerprint density at radius 1 is 1.03 bits per heavy atom. The second-order valence-electron chi connectivity index (χ2n) is 7.96. The number of aryl methyl sites for hydroxylation is 1. The zero-order valence-corrected chi connectivity index (χ0v) is 18.3. The van der Waals surface area contributed by atoms with E-state index in [2.05, 4.69) is 15.8 Å². The zero-order valence-electron chi connectivity index (χ0n) is 18.3. The summed E-state index contributed by atoms with van der Waals surface area (Å²) in [6.07, 6.45) is -2.62. The fraction of sp³-hybridized carbons (Fsp3) is 0.240. The summed E-state index contributed by atoms with van der Waals surface area (Å²) in [5.41, 5.74) is 3.75. The summed E-state index contributed by atoms with van der Waals surface area (Å²) < 4.78 is 45.6. The van der Waals surface area contributed by atoms with Gasteiger partial charge in [0, 0.05) is 17.5 Å². The number of amides is 2. The fourth-order valence-electron chi connectivity index (χ4n) is 3.97. The number of alkyl halides is 3. The standard InChI is InChI=1S/C25H22F3N3O3/c1-15-22-19(30-31-21(32)14-16-8-3-2-4-9-16)12-7-13-20(22)34-23(15)24(33)29-18-11-6-5-10-17(18)25(26,27)28/h2-6,8-11H,7,12-14H2,1H3,(H,29,33)(H,31,32)/b30-19+. The molecular weight excluding hydrogens is 447 g/mol. The summed E-state index contributed by atoms with van der Waals surface area (Å²) in [7, 11) is 0. The average molecular weight is 469 g/mol. The second kappa shape index (κ2) is 9.54. The van der Waals surface area contributed by atoms with Crippen molar-refractivity contribution in [2.45, 2.75) is 38.8 Å². The number of hydrogen-bond donors (Lipinski definition) is 2. The van der Waals surface area contributed by atoms with Crippen LogP contribution in [0.1, 0.15) is 51.4 Å². The van der Waals surface area contributed by atoms with Gasteiger partial charge in [-0.2, -0.15) is 18.3 Å². The third kappa shape index (κ3) is 5.03. The van der Waals surface area contributed by atoms with Gasteiger partial charge >= 0.3 is 6.18 Å². The summed E-state index contributed by atoms with van der Waals surface area (Å²) in [6.45, 7) is 1.65. The Labute approximate surface area is 193 Å². The number of para-hydroxylation sites is 1. The fourth-order valence-corrected chi connectivity index (χ4v) is 3.97. The number of furan rings is 1. The van der Waals surface area contributed by atoms with Gasteiger partial charge in [-0.3, -0.25) is 9.59 Å². The van der Waals surface area contributed by atoms with Gasteiger partial charge in [-0.1, -0.05) is 42.5 Å². The van der Waals surface area contributed by atoms with Crippen LogP contribution < -0.4 is 10.7 Å². The van der Waals surface area contributed by atoms with E-state index >= 15 is 0 Å². The highest BCUT2D eigenvalue weighted by molar-refractivity contribution is 6.09. The Bertz CT molecular complexity index is 1250. The van der Waals surface area contributed by atoms with Crippen LogP contribution in [0, 0.1) is 6.92 Å². The third-order valence-corrected chi connectivity index (χ3v) is 5.54. The summed E-state index contributed by atoms with van der Waals surface area (Å²) in [5, 5.41) is 6.57. The molecule has 4 rings (SSSR count). The highest BCUT2D eigenvalue weighted by Gasteiger charge is 2.34. The van der Waals surface area contributed by atoms with Gasteiger partial charge in [-0.05, 0) is 37.5 Å². The number of carbonyl (C=O) groups excluding carboxylic acids is 2. The molecule has 0 aliphatic heterocycles. The van der Waals surface area contributed by atoms with Crippen LogP contribution in [-0.2, 0) is 23.8 Å². The van der Waals surface area contributed by atoms with E-state index in [-0.39, 0.29) is 23.8 Å². The molecule has 2 aromatic carbocycles. The van der Waals surface area contributed by atoms with Gasteiger partial charge in [0.1, 0.15) is 5.76 Å². The number of hydrazone groups is 1. The molecule has 34 heavy (non-hydrogen) atoms. The maximum Gasteiger partial charge on any atom is 0.418 e. The van der Waals surface area contributed by atoms with E-state index in [4.69, 9.17) is 4.42 Å². The molecule has 9 heteroatoms. The second-order valence-corrected chi connectivity index (χ2v) is 7.96. The maximum atomic E-state index is 13.3. The Kier molecular flexibility index (Phi) is 6.54. The first-order chi connectivity index (χ1) is 16.2. The number of carbonyl (C=O) groups is 2. The maximum absolute atomic E-state index is 13.3. The molecule has 0 saturated heterocycles. The molecule has 1 heterocycles. The molecule has 0 radical (unpaired) electrons. The van der Waals surface area contributed by atoms with Crippen molar-refractivity contribution >= 4 is 23.2 Å². The Hall–Kier alpha value is -3.88. The van der Waals surface area contributed by atoms with Gasteiger partial charge in [-0.15, -0.1) is 0 Å². The Morgan fingerprint density at radius 3 is 2.47 bits per heavy atom. The van der Waals surface area contributed by atoms with Gasteiger partial charge in [0.2, 0.25) is 5.91 Å². The van der Waals surface area contributed by atoms with Gasteiger partial charge < -0.3 is 9.73 Å². The van der Waals surface area contributed by atoms with Crippen molar-refractivity contribution in [3.05, 3.63) is 88.4 Å². The van der Waals surface area contributed by atoms with Crippen molar-refractivity contribution in [2.24, 2.45) is 5.10 Å².